The van der Waals surface area contributed by atoms with Gasteiger partial charge in [-0.2, -0.15) is 0 Å². The van der Waals surface area contributed by atoms with Crippen LogP contribution < -0.4 is 11.1 Å². The zero-order valence-electron chi connectivity index (χ0n) is 15.2. The van der Waals surface area contributed by atoms with Crippen LogP contribution in [0.3, 0.4) is 0 Å². The molecule has 1 atom stereocenters. The number of hydrogen-bond acceptors (Lipinski definition) is 6. The fourth-order valence-corrected chi connectivity index (χ4v) is 2.80. The van der Waals surface area contributed by atoms with E-state index >= 15 is 0 Å². The summed E-state index contributed by atoms with van der Waals surface area (Å²) in [5, 5.41) is 21.2. The summed E-state index contributed by atoms with van der Waals surface area (Å²) in [4.78, 5) is 28.9. The summed E-state index contributed by atoms with van der Waals surface area (Å²) in [6.45, 7) is 0.458. The molecule has 142 valence electrons. The lowest BCUT2D eigenvalue weighted by Gasteiger charge is -2.13. The lowest BCUT2D eigenvalue weighted by molar-refractivity contribution is -0.137. The van der Waals surface area contributed by atoms with Gasteiger partial charge < -0.3 is 21.1 Å². The molecule has 0 spiro atoms. The average molecular weight is 377 g/mol. The summed E-state index contributed by atoms with van der Waals surface area (Å²) in [7, 11) is 1.63. The molecule has 2 heterocycles. The van der Waals surface area contributed by atoms with Crippen molar-refractivity contribution in [2.75, 3.05) is 18.9 Å². The third-order valence-corrected chi connectivity index (χ3v) is 4.37. The lowest BCUT2D eigenvalue weighted by Crippen LogP contribution is -2.37. The Labute approximate surface area is 161 Å². The number of likely N-dealkylation sites (tertiary alicyclic amines) is 1. The van der Waals surface area contributed by atoms with Crippen molar-refractivity contribution in [1.82, 2.24) is 9.88 Å². The Hall–Kier alpha value is -3.70. The zero-order chi connectivity index (χ0) is 20.3. The number of primary amides is 1. The van der Waals surface area contributed by atoms with Gasteiger partial charge in [-0.3, -0.25) is 15.0 Å². The average Bonchev–Trinajstić information content (AvgIpc) is 2.94. The number of amides is 2. The Bertz CT molecular complexity index is 1020. The van der Waals surface area contributed by atoms with Crippen molar-refractivity contribution >= 4 is 29.0 Å². The number of nitrogens with one attached hydrogen (secondary N) is 2. The first-order chi connectivity index (χ1) is 13.3. The van der Waals surface area contributed by atoms with E-state index in [2.05, 4.69) is 22.1 Å². The van der Waals surface area contributed by atoms with Crippen LogP contribution in [0, 0.1) is 17.3 Å². The molecule has 1 aromatic heterocycles. The van der Waals surface area contributed by atoms with E-state index in [-0.39, 0.29) is 17.7 Å². The number of pyridine rings is 1. The minimum Gasteiger partial charge on any atom is -0.369 e. The second kappa shape index (κ2) is 7.50. The molecule has 0 saturated carbocycles. The Balaban J connectivity index is 1.85. The van der Waals surface area contributed by atoms with E-state index in [4.69, 9.17) is 11.1 Å². The molecule has 0 bridgehead atoms. The molecule has 1 aliphatic heterocycles. The monoisotopic (exact) mass is 377 g/mol. The maximum atomic E-state index is 12.0. The fourth-order valence-electron chi connectivity index (χ4n) is 2.80. The topological polar surface area (TPSA) is 132 Å². The predicted molar refractivity (Wildman–Crippen MR) is 104 cm³/mol. The highest BCUT2D eigenvalue weighted by molar-refractivity contribution is 6.44. The third kappa shape index (κ3) is 3.84. The van der Waals surface area contributed by atoms with Crippen molar-refractivity contribution in [3.63, 3.8) is 0 Å². The van der Waals surface area contributed by atoms with Crippen LogP contribution in [-0.4, -0.2) is 51.7 Å². The summed E-state index contributed by atoms with van der Waals surface area (Å²) in [6.07, 6.45) is 1.79. The molecule has 1 aliphatic rings. The van der Waals surface area contributed by atoms with Crippen LogP contribution in [0.1, 0.15) is 17.5 Å². The lowest BCUT2D eigenvalue weighted by atomic mass is 10.0. The second-order valence-corrected chi connectivity index (χ2v) is 6.43. The van der Waals surface area contributed by atoms with Crippen molar-refractivity contribution in [2.24, 2.45) is 5.73 Å². The van der Waals surface area contributed by atoms with E-state index in [1.165, 1.54) is 11.1 Å². The molecule has 3 rings (SSSR count). The van der Waals surface area contributed by atoms with E-state index in [1.807, 2.05) is 0 Å². The third-order valence-electron chi connectivity index (χ3n) is 4.37. The highest BCUT2D eigenvalue weighted by Gasteiger charge is 2.42. The molecule has 8 heteroatoms. The highest BCUT2D eigenvalue weighted by Crippen LogP contribution is 2.22. The van der Waals surface area contributed by atoms with Crippen molar-refractivity contribution in [1.29, 1.82) is 5.41 Å². The normalized spacial score (nSPS) is 18.4. The zero-order valence-corrected chi connectivity index (χ0v) is 15.2. The summed E-state index contributed by atoms with van der Waals surface area (Å²) in [6, 6.07) is 10.2. The number of nitrogens with two attached hydrogens (primary N) is 1. The van der Waals surface area contributed by atoms with E-state index in [0.29, 0.717) is 23.6 Å². The standard InChI is InChI=1S/C20H19N5O3/c1-25-11-9-20(28,19(25)27)8-7-13-4-2-5-14(12-13)24-18-15(6-3-10-23-18)16(21)17(22)26/h2-6,10,12,21,28H,9,11H2,1H3,(H2,22,26)(H,23,24). The van der Waals surface area contributed by atoms with E-state index in [0.717, 1.165) is 0 Å². The van der Waals surface area contributed by atoms with Gasteiger partial charge >= 0.3 is 0 Å². The van der Waals surface area contributed by atoms with Gasteiger partial charge in [0.05, 0.1) is 0 Å². The van der Waals surface area contributed by atoms with Crippen molar-refractivity contribution in [3.05, 3.63) is 53.7 Å². The van der Waals surface area contributed by atoms with Crippen LogP contribution >= 0.6 is 0 Å². The van der Waals surface area contributed by atoms with Gasteiger partial charge in [-0.05, 0) is 30.3 Å². The molecule has 28 heavy (non-hydrogen) atoms. The first-order valence-electron chi connectivity index (χ1n) is 8.52. The summed E-state index contributed by atoms with van der Waals surface area (Å²) < 4.78 is 0. The van der Waals surface area contributed by atoms with Crippen LogP contribution in [0.5, 0.6) is 0 Å². The van der Waals surface area contributed by atoms with Gasteiger partial charge in [-0.1, -0.05) is 17.9 Å². The van der Waals surface area contributed by atoms with Gasteiger partial charge in [0.2, 0.25) is 5.60 Å². The minimum atomic E-state index is -1.66. The van der Waals surface area contributed by atoms with Crippen molar-refractivity contribution in [3.8, 4) is 11.8 Å². The van der Waals surface area contributed by atoms with Crippen LogP contribution in [0.4, 0.5) is 11.5 Å². The summed E-state index contributed by atoms with van der Waals surface area (Å²) in [5.74, 6) is 4.55. The maximum Gasteiger partial charge on any atom is 0.267 e. The molecular weight excluding hydrogens is 358 g/mol. The predicted octanol–water partition coefficient (Wildman–Crippen LogP) is 0.623. The molecule has 1 saturated heterocycles. The molecule has 1 unspecified atom stereocenters. The largest absolute Gasteiger partial charge is 0.369 e. The quantitative estimate of drug-likeness (QED) is 0.458. The number of aliphatic hydroxyl groups is 1. The number of likely N-dealkylation sites (N-methyl/N-ethyl adjacent to an activating group) is 1. The van der Waals surface area contributed by atoms with Gasteiger partial charge in [0.25, 0.3) is 11.8 Å². The molecule has 2 amide bonds. The van der Waals surface area contributed by atoms with Crippen molar-refractivity contribution in [2.45, 2.75) is 12.0 Å². The molecule has 0 radical (unpaired) electrons. The Morgan fingerprint density at radius 1 is 1.39 bits per heavy atom. The smallest absolute Gasteiger partial charge is 0.267 e. The van der Waals surface area contributed by atoms with Crippen LogP contribution in [0.25, 0.3) is 0 Å². The van der Waals surface area contributed by atoms with Gasteiger partial charge in [-0.15, -0.1) is 0 Å². The fraction of sp³-hybridized carbons (Fsp3) is 0.200. The number of aromatic nitrogens is 1. The molecule has 1 fully saturated rings. The molecule has 0 aliphatic carbocycles. The van der Waals surface area contributed by atoms with Gasteiger partial charge in [0.1, 0.15) is 11.5 Å². The highest BCUT2D eigenvalue weighted by atomic mass is 16.3. The summed E-state index contributed by atoms with van der Waals surface area (Å²) in [5.41, 5.74) is 4.66. The Morgan fingerprint density at radius 3 is 2.86 bits per heavy atom. The first kappa shape index (κ1) is 19.1. The number of hydrogen-bond donors (Lipinski definition) is 4. The summed E-state index contributed by atoms with van der Waals surface area (Å²) >= 11 is 0. The number of nitrogens with zero attached hydrogens (tertiary/aromatic N) is 2. The number of carbonyl (C=O) groups is 2. The van der Waals surface area contributed by atoms with Crippen LogP contribution in [0.15, 0.2) is 42.6 Å². The van der Waals surface area contributed by atoms with Gasteiger partial charge in [0.15, 0.2) is 0 Å². The molecule has 2 aromatic rings. The Kier molecular flexibility index (Phi) is 5.11. The minimum absolute atomic E-state index is 0.264. The molecular formula is C20H19N5O3. The van der Waals surface area contributed by atoms with E-state index in [1.54, 1.807) is 43.4 Å². The van der Waals surface area contributed by atoms with Crippen LogP contribution in [0.2, 0.25) is 0 Å². The van der Waals surface area contributed by atoms with Gasteiger partial charge in [0, 0.05) is 43.0 Å². The number of rotatable bonds is 4. The Morgan fingerprint density at radius 2 is 2.18 bits per heavy atom. The first-order valence-corrected chi connectivity index (χ1v) is 8.52. The van der Waals surface area contributed by atoms with Gasteiger partial charge in [-0.25, -0.2) is 4.98 Å². The van der Waals surface area contributed by atoms with E-state index < -0.39 is 17.4 Å². The maximum absolute atomic E-state index is 12.0. The SMILES string of the molecule is CN1CCC(O)(C#Cc2cccc(Nc3ncccc3C(=N)C(N)=O)c2)C1=O. The molecule has 5 N–H and O–H groups in total. The number of anilines is 2. The van der Waals surface area contributed by atoms with E-state index in [9.17, 15) is 14.7 Å². The second-order valence-electron chi connectivity index (χ2n) is 6.43. The van der Waals surface area contributed by atoms with Crippen LogP contribution in [-0.2, 0) is 9.59 Å². The number of carbonyl (C=O) groups excluding carboxylic acids is 2. The molecule has 8 nitrogen and oxygen atoms in total. The molecule has 1 aromatic carbocycles. The number of benzene rings is 1. The van der Waals surface area contributed by atoms with Crippen molar-refractivity contribution < 1.29 is 14.7 Å².